The first-order valence-corrected chi connectivity index (χ1v) is 11.6. The molecule has 2 N–H and O–H groups in total. The Kier molecular flexibility index (Phi) is 22.4. The molecule has 0 aliphatic heterocycles. The van der Waals surface area contributed by atoms with Gasteiger partial charge in [-0.25, -0.2) is 4.39 Å². The normalized spacial score (nSPS) is 12.0. The van der Waals surface area contributed by atoms with E-state index >= 15 is 0 Å². The minimum absolute atomic E-state index is 0.00968. The van der Waals surface area contributed by atoms with Crippen molar-refractivity contribution in [2.24, 2.45) is 0 Å². The van der Waals surface area contributed by atoms with E-state index in [1.54, 1.807) is 6.92 Å². The van der Waals surface area contributed by atoms with E-state index in [0.717, 1.165) is 38.5 Å². The molecule has 0 saturated heterocycles. The van der Waals surface area contributed by atoms with Crippen molar-refractivity contribution in [3.05, 3.63) is 0 Å². The van der Waals surface area contributed by atoms with Gasteiger partial charge < -0.3 is 29.6 Å². The first kappa shape index (κ1) is 29.7. The van der Waals surface area contributed by atoms with Gasteiger partial charge in [-0.05, 0) is 45.4 Å². The van der Waals surface area contributed by atoms with Crippen molar-refractivity contribution in [2.75, 3.05) is 65.9 Å². The average molecular weight is 451 g/mol. The van der Waals surface area contributed by atoms with Gasteiger partial charge in [-0.1, -0.05) is 6.92 Å². The molecule has 1 unspecified atom stereocenters. The molecule has 0 heterocycles. The smallest absolute Gasteiger partial charge is 0.245 e. The molecule has 8 nitrogen and oxygen atoms in total. The number of nitrogens with one attached hydrogen (secondary N) is 2. The quantitative estimate of drug-likeness (QED) is 0.232. The SMILES string of the molecule is CCOCC(=O)NCCCCCOCCOCCCCCOCC(F)CNC(=O)CC. The molecule has 1 atom stereocenters. The molecular weight excluding hydrogens is 407 g/mol. The number of alkyl halides is 1. The molecule has 0 bridgehead atoms. The summed E-state index contributed by atoms with van der Waals surface area (Å²) in [6.45, 7) is 8.03. The number of hydrogen-bond donors (Lipinski definition) is 2. The van der Waals surface area contributed by atoms with Crippen LogP contribution in [0, 0.1) is 0 Å². The first-order chi connectivity index (χ1) is 15.1. The van der Waals surface area contributed by atoms with Crippen LogP contribution in [-0.4, -0.2) is 83.9 Å². The number of amides is 2. The van der Waals surface area contributed by atoms with Crippen LogP contribution in [0.1, 0.15) is 58.8 Å². The third-order valence-electron chi connectivity index (χ3n) is 4.31. The zero-order chi connectivity index (χ0) is 23.0. The van der Waals surface area contributed by atoms with E-state index in [4.69, 9.17) is 18.9 Å². The molecule has 9 heteroatoms. The van der Waals surface area contributed by atoms with Gasteiger partial charge in [0.15, 0.2) is 0 Å². The molecule has 0 aromatic carbocycles. The van der Waals surface area contributed by atoms with Gasteiger partial charge in [0.25, 0.3) is 0 Å². The highest BCUT2D eigenvalue weighted by atomic mass is 19.1. The van der Waals surface area contributed by atoms with Gasteiger partial charge in [0.05, 0.1) is 26.4 Å². The standard InChI is InChI=1S/C22H43FN2O6/c1-3-21(26)25-17-20(23)18-31-14-10-6-9-13-30-16-15-29-12-8-5-7-11-24-22(27)19-28-4-2/h20H,3-19H2,1-2H3,(H,24,27)(H,25,26). The summed E-state index contributed by atoms with van der Waals surface area (Å²) in [5, 5.41) is 5.32. The lowest BCUT2D eigenvalue weighted by molar-refractivity contribution is -0.125. The van der Waals surface area contributed by atoms with Crippen LogP contribution >= 0.6 is 0 Å². The fourth-order valence-corrected chi connectivity index (χ4v) is 2.51. The number of hydrogen-bond acceptors (Lipinski definition) is 6. The minimum Gasteiger partial charge on any atom is -0.379 e. The van der Waals surface area contributed by atoms with Gasteiger partial charge in [-0.2, -0.15) is 0 Å². The second kappa shape index (κ2) is 23.4. The van der Waals surface area contributed by atoms with Crippen molar-refractivity contribution >= 4 is 11.8 Å². The van der Waals surface area contributed by atoms with Crippen LogP contribution in [0.25, 0.3) is 0 Å². The van der Waals surface area contributed by atoms with Gasteiger partial charge in [-0.3, -0.25) is 9.59 Å². The van der Waals surface area contributed by atoms with Crippen LogP contribution < -0.4 is 10.6 Å². The maximum atomic E-state index is 13.5. The highest BCUT2D eigenvalue weighted by molar-refractivity contribution is 5.77. The van der Waals surface area contributed by atoms with Crippen LogP contribution in [0.3, 0.4) is 0 Å². The Balaban J connectivity index is 3.17. The molecule has 0 radical (unpaired) electrons. The summed E-state index contributed by atoms with van der Waals surface area (Å²) in [5.74, 6) is -0.214. The lowest BCUT2D eigenvalue weighted by atomic mass is 10.2. The minimum atomic E-state index is -1.16. The van der Waals surface area contributed by atoms with Crippen LogP contribution in [0.4, 0.5) is 4.39 Å². The molecule has 31 heavy (non-hydrogen) atoms. The monoisotopic (exact) mass is 450 g/mol. The number of halogens is 1. The summed E-state index contributed by atoms with van der Waals surface area (Å²) in [6, 6.07) is 0. The molecule has 0 aromatic rings. The fourth-order valence-electron chi connectivity index (χ4n) is 2.51. The van der Waals surface area contributed by atoms with Gasteiger partial charge >= 0.3 is 0 Å². The molecule has 2 amide bonds. The molecule has 0 aromatic heterocycles. The Labute approximate surface area is 186 Å². The van der Waals surface area contributed by atoms with Gasteiger partial charge in [0.2, 0.25) is 11.8 Å². The largest absolute Gasteiger partial charge is 0.379 e. The third kappa shape index (κ3) is 23.2. The summed E-state index contributed by atoms with van der Waals surface area (Å²) in [4.78, 5) is 22.3. The van der Waals surface area contributed by atoms with Crippen LogP contribution in [-0.2, 0) is 28.5 Å². The van der Waals surface area contributed by atoms with Crippen molar-refractivity contribution in [3.8, 4) is 0 Å². The van der Waals surface area contributed by atoms with Gasteiger partial charge in [-0.15, -0.1) is 0 Å². The van der Waals surface area contributed by atoms with E-state index < -0.39 is 6.17 Å². The highest BCUT2D eigenvalue weighted by Crippen LogP contribution is 1.99. The van der Waals surface area contributed by atoms with Gasteiger partial charge in [0, 0.05) is 39.4 Å². The Morgan fingerprint density at radius 2 is 1.35 bits per heavy atom. The predicted octanol–water partition coefficient (Wildman–Crippen LogP) is 2.39. The van der Waals surface area contributed by atoms with Crippen LogP contribution in [0.15, 0.2) is 0 Å². The molecule has 0 spiro atoms. The molecule has 184 valence electrons. The molecule has 0 rings (SSSR count). The van der Waals surface area contributed by atoms with Gasteiger partial charge in [0.1, 0.15) is 12.8 Å². The number of carbonyl (C=O) groups excluding carboxylic acids is 2. The molecule has 0 aliphatic rings. The maximum Gasteiger partial charge on any atom is 0.245 e. The zero-order valence-electron chi connectivity index (χ0n) is 19.4. The number of rotatable bonds is 23. The van der Waals surface area contributed by atoms with E-state index in [1.807, 2.05) is 6.92 Å². The summed E-state index contributed by atoms with van der Waals surface area (Å²) in [5.41, 5.74) is 0. The summed E-state index contributed by atoms with van der Waals surface area (Å²) >= 11 is 0. The Hall–Kier alpha value is -1.29. The number of ether oxygens (including phenoxy) is 4. The topological polar surface area (TPSA) is 95.1 Å². The summed E-state index contributed by atoms with van der Waals surface area (Å²) in [6.07, 6.45) is 4.86. The number of unbranched alkanes of at least 4 members (excludes halogenated alkanes) is 4. The Morgan fingerprint density at radius 3 is 1.97 bits per heavy atom. The molecule has 0 fully saturated rings. The Bertz CT molecular complexity index is 429. The van der Waals surface area contributed by atoms with Crippen molar-refractivity contribution in [1.29, 1.82) is 0 Å². The first-order valence-electron chi connectivity index (χ1n) is 11.6. The van der Waals surface area contributed by atoms with E-state index in [2.05, 4.69) is 10.6 Å². The summed E-state index contributed by atoms with van der Waals surface area (Å²) in [7, 11) is 0. The van der Waals surface area contributed by atoms with E-state index in [1.165, 1.54) is 0 Å². The lowest BCUT2D eigenvalue weighted by Gasteiger charge is -2.10. The molecule has 0 saturated carbocycles. The average Bonchev–Trinajstić information content (AvgIpc) is 2.77. The van der Waals surface area contributed by atoms with E-state index in [0.29, 0.717) is 52.6 Å². The van der Waals surface area contributed by atoms with Crippen LogP contribution in [0.5, 0.6) is 0 Å². The number of carbonyl (C=O) groups is 2. The summed E-state index contributed by atoms with van der Waals surface area (Å²) < 4.78 is 34.8. The zero-order valence-corrected chi connectivity index (χ0v) is 19.4. The third-order valence-corrected chi connectivity index (χ3v) is 4.31. The highest BCUT2D eigenvalue weighted by Gasteiger charge is 2.07. The van der Waals surface area contributed by atoms with E-state index in [-0.39, 0.29) is 31.6 Å². The van der Waals surface area contributed by atoms with Crippen molar-refractivity contribution in [3.63, 3.8) is 0 Å². The fraction of sp³-hybridized carbons (Fsp3) is 0.909. The molecule has 0 aliphatic carbocycles. The second-order valence-corrected chi connectivity index (χ2v) is 7.16. The van der Waals surface area contributed by atoms with Crippen molar-refractivity contribution < 1.29 is 32.9 Å². The van der Waals surface area contributed by atoms with Crippen LogP contribution in [0.2, 0.25) is 0 Å². The van der Waals surface area contributed by atoms with Crippen molar-refractivity contribution in [1.82, 2.24) is 10.6 Å². The predicted molar refractivity (Wildman–Crippen MR) is 118 cm³/mol. The lowest BCUT2D eigenvalue weighted by Crippen LogP contribution is -2.31. The maximum absolute atomic E-state index is 13.5. The van der Waals surface area contributed by atoms with E-state index in [9.17, 15) is 14.0 Å². The van der Waals surface area contributed by atoms with Crippen molar-refractivity contribution in [2.45, 2.75) is 65.0 Å². The molecular formula is C22H43FN2O6. The Morgan fingerprint density at radius 1 is 0.742 bits per heavy atom. The second-order valence-electron chi connectivity index (χ2n) is 7.16.